The van der Waals surface area contributed by atoms with E-state index in [-0.39, 0.29) is 12.0 Å². The Kier molecular flexibility index (Phi) is 4.56. The number of benzene rings is 2. The molecular weight excluding hydrogens is 266 g/mol. The van der Waals surface area contributed by atoms with Gasteiger partial charge in [0.1, 0.15) is 11.6 Å². The quantitative estimate of drug-likeness (QED) is 0.855. The lowest BCUT2D eigenvalue weighted by molar-refractivity contribution is 0.175. The number of aliphatic hydroxyl groups is 1. The summed E-state index contributed by atoms with van der Waals surface area (Å²) in [6.45, 7) is 0. The molecule has 0 radical (unpaired) electrons. The molecule has 1 nitrogen and oxygen atoms in total. The smallest absolute Gasteiger partial charge is 0.129 e. The molecule has 2 aromatic carbocycles. The second-order valence-corrected chi connectivity index (χ2v) is 5.07. The van der Waals surface area contributed by atoms with Crippen molar-refractivity contribution >= 4 is 11.8 Å². The molecule has 0 saturated carbocycles. The van der Waals surface area contributed by atoms with E-state index < -0.39 is 17.7 Å². The van der Waals surface area contributed by atoms with Crippen molar-refractivity contribution in [1.29, 1.82) is 0 Å². The van der Waals surface area contributed by atoms with Crippen molar-refractivity contribution in [3.8, 4) is 0 Å². The normalized spacial score (nSPS) is 12.4. The van der Waals surface area contributed by atoms with Gasteiger partial charge in [0.05, 0.1) is 6.10 Å². The predicted molar refractivity (Wildman–Crippen MR) is 73.2 cm³/mol. The lowest BCUT2D eigenvalue weighted by Crippen LogP contribution is -2.05. The molecule has 2 rings (SSSR count). The highest BCUT2D eigenvalue weighted by molar-refractivity contribution is 7.98. The van der Waals surface area contributed by atoms with Gasteiger partial charge in [-0.05, 0) is 36.1 Å². The zero-order valence-electron chi connectivity index (χ0n) is 10.4. The van der Waals surface area contributed by atoms with E-state index >= 15 is 0 Å². The molecule has 1 atom stereocenters. The van der Waals surface area contributed by atoms with Gasteiger partial charge in [-0.2, -0.15) is 0 Å². The summed E-state index contributed by atoms with van der Waals surface area (Å²) in [7, 11) is 0. The van der Waals surface area contributed by atoms with Crippen molar-refractivity contribution < 1.29 is 13.9 Å². The van der Waals surface area contributed by atoms with Crippen molar-refractivity contribution in [2.45, 2.75) is 17.4 Å². The van der Waals surface area contributed by atoms with Crippen LogP contribution >= 0.6 is 11.8 Å². The number of thioether (sulfide) groups is 1. The maximum absolute atomic E-state index is 13.5. The number of hydrogen-bond donors (Lipinski definition) is 1. The van der Waals surface area contributed by atoms with E-state index in [1.807, 2.05) is 18.4 Å². The van der Waals surface area contributed by atoms with Crippen LogP contribution < -0.4 is 0 Å². The Hall–Kier alpha value is -1.39. The molecule has 0 aromatic heterocycles. The Bertz CT molecular complexity index is 534. The first kappa shape index (κ1) is 14.0. The summed E-state index contributed by atoms with van der Waals surface area (Å²) in [4.78, 5) is 1.08. The third kappa shape index (κ3) is 3.33. The van der Waals surface area contributed by atoms with E-state index in [9.17, 15) is 13.9 Å². The van der Waals surface area contributed by atoms with E-state index in [4.69, 9.17) is 0 Å². The third-order valence-electron chi connectivity index (χ3n) is 2.96. The lowest BCUT2D eigenvalue weighted by Gasteiger charge is -2.12. The maximum atomic E-state index is 13.5. The molecule has 0 spiro atoms. The lowest BCUT2D eigenvalue weighted by atomic mass is 10.0. The Morgan fingerprint density at radius 3 is 2.16 bits per heavy atom. The van der Waals surface area contributed by atoms with Gasteiger partial charge in [0.25, 0.3) is 0 Å². The zero-order chi connectivity index (χ0) is 13.8. The van der Waals surface area contributed by atoms with Gasteiger partial charge in [-0.25, -0.2) is 8.78 Å². The Morgan fingerprint density at radius 1 is 1.05 bits per heavy atom. The van der Waals surface area contributed by atoms with Crippen molar-refractivity contribution in [2.75, 3.05) is 6.26 Å². The van der Waals surface area contributed by atoms with E-state index in [0.29, 0.717) is 5.56 Å². The molecule has 0 amide bonds. The minimum Gasteiger partial charge on any atom is -0.388 e. The first-order valence-corrected chi connectivity index (χ1v) is 7.09. The molecule has 4 heteroatoms. The van der Waals surface area contributed by atoms with E-state index in [1.165, 1.54) is 18.2 Å². The summed E-state index contributed by atoms with van der Waals surface area (Å²) < 4.78 is 27.0. The zero-order valence-corrected chi connectivity index (χ0v) is 11.3. The van der Waals surface area contributed by atoms with E-state index in [1.54, 1.807) is 23.9 Å². The van der Waals surface area contributed by atoms with Crippen molar-refractivity contribution in [1.82, 2.24) is 0 Å². The average molecular weight is 280 g/mol. The molecule has 0 heterocycles. The minimum atomic E-state index is -0.915. The number of aliphatic hydroxyl groups excluding tert-OH is 1. The molecule has 0 bridgehead atoms. The van der Waals surface area contributed by atoms with Crippen LogP contribution in [0.25, 0.3) is 0 Å². The van der Waals surface area contributed by atoms with Crippen LogP contribution in [0.2, 0.25) is 0 Å². The van der Waals surface area contributed by atoms with Crippen molar-refractivity contribution in [2.24, 2.45) is 0 Å². The molecule has 0 saturated heterocycles. The van der Waals surface area contributed by atoms with Crippen LogP contribution in [0.1, 0.15) is 17.2 Å². The highest BCUT2D eigenvalue weighted by Gasteiger charge is 2.15. The molecule has 0 aliphatic heterocycles. The predicted octanol–water partition coefficient (Wildman–Crippen LogP) is 3.96. The van der Waals surface area contributed by atoms with Crippen LogP contribution in [0.4, 0.5) is 8.78 Å². The first-order chi connectivity index (χ1) is 9.11. The molecule has 1 N–H and O–H groups in total. The Labute approximate surface area is 115 Å². The molecule has 0 fully saturated rings. The largest absolute Gasteiger partial charge is 0.388 e. The van der Waals surface area contributed by atoms with Gasteiger partial charge in [0.15, 0.2) is 0 Å². The van der Waals surface area contributed by atoms with Crippen LogP contribution in [-0.2, 0) is 6.42 Å². The van der Waals surface area contributed by atoms with Crippen LogP contribution in [0.3, 0.4) is 0 Å². The van der Waals surface area contributed by atoms with Gasteiger partial charge >= 0.3 is 0 Å². The summed E-state index contributed by atoms with van der Waals surface area (Å²) in [5.41, 5.74) is 0.574. The molecule has 1 unspecified atom stereocenters. The monoisotopic (exact) mass is 280 g/mol. The summed E-state index contributed by atoms with van der Waals surface area (Å²) in [5, 5.41) is 10.0. The summed E-state index contributed by atoms with van der Waals surface area (Å²) in [6, 6.07) is 11.0. The molecule has 100 valence electrons. The summed E-state index contributed by atoms with van der Waals surface area (Å²) >= 11 is 1.60. The van der Waals surface area contributed by atoms with Gasteiger partial charge in [-0.15, -0.1) is 11.8 Å². The van der Waals surface area contributed by atoms with Gasteiger partial charge in [-0.1, -0.05) is 18.2 Å². The topological polar surface area (TPSA) is 20.2 Å². The van der Waals surface area contributed by atoms with Gasteiger partial charge < -0.3 is 5.11 Å². The van der Waals surface area contributed by atoms with E-state index in [0.717, 1.165) is 4.90 Å². The van der Waals surface area contributed by atoms with E-state index in [2.05, 4.69) is 0 Å². The summed E-state index contributed by atoms with van der Waals surface area (Å²) in [5.74, 6) is -1.25. The van der Waals surface area contributed by atoms with Crippen LogP contribution in [0, 0.1) is 11.6 Å². The highest BCUT2D eigenvalue weighted by atomic mass is 32.2. The molecular formula is C15H14F2OS. The van der Waals surface area contributed by atoms with Crippen LogP contribution in [0.15, 0.2) is 47.4 Å². The second-order valence-electron chi connectivity index (χ2n) is 4.19. The molecule has 2 aromatic rings. The fraction of sp³-hybridized carbons (Fsp3) is 0.200. The molecule has 0 aliphatic carbocycles. The van der Waals surface area contributed by atoms with Crippen molar-refractivity contribution in [3.05, 3.63) is 65.2 Å². The average Bonchev–Trinajstić information content (AvgIpc) is 2.43. The highest BCUT2D eigenvalue weighted by Crippen LogP contribution is 2.24. The Morgan fingerprint density at radius 2 is 1.63 bits per heavy atom. The SMILES string of the molecule is CSc1ccc(C(O)Cc2c(F)cccc2F)cc1. The van der Waals surface area contributed by atoms with Gasteiger partial charge in [0.2, 0.25) is 0 Å². The van der Waals surface area contributed by atoms with Crippen molar-refractivity contribution in [3.63, 3.8) is 0 Å². The summed E-state index contributed by atoms with van der Waals surface area (Å²) in [6.07, 6.45) is 0.972. The first-order valence-electron chi connectivity index (χ1n) is 5.86. The fourth-order valence-corrected chi connectivity index (χ4v) is 2.27. The standard InChI is InChI=1S/C15H14F2OS/c1-19-11-7-5-10(6-8-11)15(18)9-12-13(16)3-2-4-14(12)17/h2-8,15,18H,9H2,1H3. The minimum absolute atomic E-state index is 0.0723. The molecule has 0 aliphatic rings. The number of rotatable bonds is 4. The number of halogens is 2. The fourth-order valence-electron chi connectivity index (χ4n) is 1.86. The Balaban J connectivity index is 2.18. The van der Waals surface area contributed by atoms with Gasteiger partial charge in [-0.3, -0.25) is 0 Å². The van der Waals surface area contributed by atoms with Crippen LogP contribution in [0.5, 0.6) is 0 Å². The van der Waals surface area contributed by atoms with Crippen LogP contribution in [-0.4, -0.2) is 11.4 Å². The molecule has 19 heavy (non-hydrogen) atoms. The maximum Gasteiger partial charge on any atom is 0.129 e. The van der Waals surface area contributed by atoms with Gasteiger partial charge in [0, 0.05) is 16.9 Å². The second kappa shape index (κ2) is 6.17. The number of hydrogen-bond acceptors (Lipinski definition) is 2. The third-order valence-corrected chi connectivity index (χ3v) is 3.70.